The lowest BCUT2D eigenvalue weighted by molar-refractivity contribution is 0.116. The van der Waals surface area contributed by atoms with Crippen molar-refractivity contribution >= 4 is 11.6 Å². The second kappa shape index (κ2) is 7.63. The number of hydrogen-bond acceptors (Lipinski definition) is 3. The number of aromatic hydroxyl groups is 1. The zero-order valence-electron chi connectivity index (χ0n) is 12.6. The molecule has 0 aliphatic heterocycles. The molecule has 0 bridgehead atoms. The highest BCUT2D eigenvalue weighted by molar-refractivity contribution is 6.30. The standard InChI is InChI=1S/C18H22ClNO2/c1-2-13(10-12-6-8-16(21)9-7-12)17(20)18(22)14-4-3-5-15(19)11-14/h3-9,11,13,17-18,21-22H,2,10,20H2,1H3/t13?,17-,18-/m1/s1. The summed E-state index contributed by atoms with van der Waals surface area (Å²) in [4.78, 5) is 0. The Morgan fingerprint density at radius 2 is 1.82 bits per heavy atom. The van der Waals surface area contributed by atoms with Crippen LogP contribution in [-0.4, -0.2) is 16.3 Å². The molecule has 0 aliphatic rings. The third kappa shape index (κ3) is 4.23. The van der Waals surface area contributed by atoms with Crippen molar-refractivity contribution in [3.63, 3.8) is 0 Å². The number of halogens is 1. The topological polar surface area (TPSA) is 66.5 Å². The minimum absolute atomic E-state index is 0.138. The highest BCUT2D eigenvalue weighted by atomic mass is 35.5. The molecule has 3 atom stereocenters. The van der Waals surface area contributed by atoms with Crippen LogP contribution in [0.1, 0.15) is 30.6 Å². The molecular formula is C18H22ClNO2. The lowest BCUT2D eigenvalue weighted by atomic mass is 9.85. The molecule has 3 nitrogen and oxygen atoms in total. The highest BCUT2D eigenvalue weighted by Gasteiger charge is 2.25. The molecular weight excluding hydrogens is 298 g/mol. The average molecular weight is 320 g/mol. The predicted molar refractivity (Wildman–Crippen MR) is 90.0 cm³/mol. The van der Waals surface area contributed by atoms with Crippen LogP contribution in [0.5, 0.6) is 5.75 Å². The lowest BCUT2D eigenvalue weighted by Crippen LogP contribution is -2.37. The summed E-state index contributed by atoms with van der Waals surface area (Å²) in [6, 6.07) is 13.9. The molecule has 2 rings (SSSR count). The molecule has 0 fully saturated rings. The van der Waals surface area contributed by atoms with Gasteiger partial charge in [0.15, 0.2) is 0 Å². The lowest BCUT2D eigenvalue weighted by Gasteiger charge is -2.27. The Hall–Kier alpha value is -1.55. The Morgan fingerprint density at radius 1 is 1.14 bits per heavy atom. The van der Waals surface area contributed by atoms with Crippen molar-refractivity contribution in [3.8, 4) is 5.75 Å². The molecule has 4 N–H and O–H groups in total. The van der Waals surface area contributed by atoms with Gasteiger partial charge in [0.25, 0.3) is 0 Å². The number of aliphatic hydroxyl groups excluding tert-OH is 1. The smallest absolute Gasteiger partial charge is 0.115 e. The summed E-state index contributed by atoms with van der Waals surface area (Å²) >= 11 is 5.98. The van der Waals surface area contributed by atoms with Crippen molar-refractivity contribution in [3.05, 3.63) is 64.7 Å². The van der Waals surface area contributed by atoms with E-state index in [1.54, 1.807) is 24.3 Å². The van der Waals surface area contributed by atoms with Gasteiger partial charge in [-0.25, -0.2) is 0 Å². The van der Waals surface area contributed by atoms with Crippen LogP contribution in [0.25, 0.3) is 0 Å². The maximum Gasteiger partial charge on any atom is 0.115 e. The number of phenols is 1. The van der Waals surface area contributed by atoms with E-state index < -0.39 is 6.10 Å². The van der Waals surface area contributed by atoms with Crippen molar-refractivity contribution in [1.29, 1.82) is 0 Å². The van der Waals surface area contributed by atoms with Crippen LogP contribution in [0.3, 0.4) is 0 Å². The largest absolute Gasteiger partial charge is 0.508 e. The van der Waals surface area contributed by atoms with E-state index in [0.29, 0.717) is 5.02 Å². The van der Waals surface area contributed by atoms with Gasteiger partial charge in [0.2, 0.25) is 0 Å². The summed E-state index contributed by atoms with van der Waals surface area (Å²) in [5, 5.41) is 20.4. The van der Waals surface area contributed by atoms with Crippen LogP contribution >= 0.6 is 11.6 Å². The third-order valence-electron chi connectivity index (χ3n) is 4.06. The Morgan fingerprint density at radius 3 is 2.41 bits per heavy atom. The molecule has 0 aliphatic carbocycles. The number of benzene rings is 2. The maximum atomic E-state index is 10.5. The molecule has 0 heterocycles. The van der Waals surface area contributed by atoms with E-state index >= 15 is 0 Å². The molecule has 0 radical (unpaired) electrons. The third-order valence-corrected chi connectivity index (χ3v) is 4.29. The van der Waals surface area contributed by atoms with E-state index in [2.05, 4.69) is 6.92 Å². The van der Waals surface area contributed by atoms with E-state index in [1.165, 1.54) is 0 Å². The van der Waals surface area contributed by atoms with Crippen molar-refractivity contribution in [2.75, 3.05) is 0 Å². The zero-order valence-corrected chi connectivity index (χ0v) is 13.4. The minimum Gasteiger partial charge on any atom is -0.508 e. The van der Waals surface area contributed by atoms with Gasteiger partial charge in [-0.15, -0.1) is 0 Å². The summed E-state index contributed by atoms with van der Waals surface area (Å²) in [5.74, 6) is 0.388. The predicted octanol–water partition coefficient (Wildman–Crippen LogP) is 3.68. The number of hydrogen-bond donors (Lipinski definition) is 3. The molecule has 0 amide bonds. The first-order valence-corrected chi connectivity index (χ1v) is 7.86. The van der Waals surface area contributed by atoms with E-state index in [-0.39, 0.29) is 17.7 Å². The Kier molecular flexibility index (Phi) is 5.83. The van der Waals surface area contributed by atoms with Gasteiger partial charge in [-0.1, -0.05) is 49.2 Å². The number of nitrogens with two attached hydrogens (primary N) is 1. The van der Waals surface area contributed by atoms with Crippen LogP contribution in [0.4, 0.5) is 0 Å². The highest BCUT2D eigenvalue weighted by Crippen LogP contribution is 2.27. The maximum absolute atomic E-state index is 10.5. The van der Waals surface area contributed by atoms with Crippen LogP contribution in [-0.2, 0) is 6.42 Å². The molecule has 22 heavy (non-hydrogen) atoms. The van der Waals surface area contributed by atoms with Gasteiger partial charge in [-0.05, 0) is 47.7 Å². The first-order chi connectivity index (χ1) is 10.5. The summed E-state index contributed by atoms with van der Waals surface area (Å²) in [5.41, 5.74) is 8.13. The first kappa shape index (κ1) is 16.8. The van der Waals surface area contributed by atoms with E-state index in [0.717, 1.165) is 24.0 Å². The van der Waals surface area contributed by atoms with Crippen molar-refractivity contribution in [2.24, 2.45) is 11.7 Å². The van der Waals surface area contributed by atoms with Gasteiger partial charge in [-0.3, -0.25) is 0 Å². The second-order valence-electron chi connectivity index (χ2n) is 5.62. The molecule has 0 saturated carbocycles. The van der Waals surface area contributed by atoms with Crippen molar-refractivity contribution < 1.29 is 10.2 Å². The van der Waals surface area contributed by atoms with Gasteiger partial charge >= 0.3 is 0 Å². The van der Waals surface area contributed by atoms with Crippen molar-refractivity contribution in [1.82, 2.24) is 0 Å². The Balaban J connectivity index is 2.10. The van der Waals surface area contributed by atoms with E-state index in [9.17, 15) is 10.2 Å². The number of aliphatic hydroxyl groups is 1. The van der Waals surface area contributed by atoms with E-state index in [1.807, 2.05) is 24.3 Å². The van der Waals surface area contributed by atoms with Crippen LogP contribution in [0.2, 0.25) is 5.02 Å². The SMILES string of the molecule is CCC(Cc1ccc(O)cc1)[C@@H](N)[C@H](O)c1cccc(Cl)c1. The molecule has 2 aromatic carbocycles. The molecule has 118 valence electrons. The van der Waals surface area contributed by atoms with Gasteiger partial charge in [-0.2, -0.15) is 0 Å². The van der Waals surface area contributed by atoms with Gasteiger partial charge in [0, 0.05) is 11.1 Å². The van der Waals surface area contributed by atoms with Crippen LogP contribution in [0.15, 0.2) is 48.5 Å². The fourth-order valence-electron chi connectivity index (χ4n) is 2.66. The van der Waals surface area contributed by atoms with Gasteiger partial charge in [0.1, 0.15) is 5.75 Å². The summed E-state index contributed by atoms with van der Waals surface area (Å²) < 4.78 is 0. The van der Waals surface area contributed by atoms with Gasteiger partial charge in [0.05, 0.1) is 6.10 Å². The first-order valence-electron chi connectivity index (χ1n) is 7.48. The molecule has 4 heteroatoms. The van der Waals surface area contributed by atoms with Crippen molar-refractivity contribution in [2.45, 2.75) is 31.9 Å². The summed E-state index contributed by atoms with van der Waals surface area (Å²) in [6.07, 6.45) is 0.871. The average Bonchev–Trinajstić information content (AvgIpc) is 2.53. The molecule has 0 aromatic heterocycles. The zero-order chi connectivity index (χ0) is 16.1. The van der Waals surface area contributed by atoms with Crippen LogP contribution in [0, 0.1) is 5.92 Å². The van der Waals surface area contributed by atoms with E-state index in [4.69, 9.17) is 17.3 Å². The van der Waals surface area contributed by atoms with Gasteiger partial charge < -0.3 is 15.9 Å². The second-order valence-corrected chi connectivity index (χ2v) is 6.05. The monoisotopic (exact) mass is 319 g/mol. The summed E-state index contributed by atoms with van der Waals surface area (Å²) in [6.45, 7) is 2.07. The fourth-order valence-corrected chi connectivity index (χ4v) is 2.86. The minimum atomic E-state index is -0.749. The molecule has 1 unspecified atom stereocenters. The molecule has 0 spiro atoms. The molecule has 0 saturated heterocycles. The quantitative estimate of drug-likeness (QED) is 0.761. The Labute approximate surface area is 136 Å². The normalized spacial score (nSPS) is 15.3. The molecule has 2 aromatic rings. The number of rotatable bonds is 6. The fraction of sp³-hybridized carbons (Fsp3) is 0.333. The number of phenolic OH excluding ortho intramolecular Hbond substituents is 1. The Bertz CT molecular complexity index is 600. The summed E-state index contributed by atoms with van der Waals surface area (Å²) in [7, 11) is 0. The van der Waals surface area contributed by atoms with Crippen LogP contribution < -0.4 is 5.73 Å².